The average molecular weight is 530 g/mol. The first-order valence-electron chi connectivity index (χ1n) is 12.5. The van der Waals surface area contributed by atoms with E-state index in [1.165, 1.54) is 10.9 Å². The lowest BCUT2D eigenvalue weighted by molar-refractivity contribution is -0.138. The van der Waals surface area contributed by atoms with Gasteiger partial charge in [-0.15, -0.1) is 0 Å². The topological polar surface area (TPSA) is 109 Å². The molecule has 4 heterocycles. The van der Waals surface area contributed by atoms with Crippen LogP contribution < -0.4 is 16.0 Å². The fraction of sp³-hybridized carbons (Fsp3) is 0.440. The fourth-order valence-corrected chi connectivity index (χ4v) is 5.02. The number of carbonyl (C=O) groups excluding carboxylic acids is 1. The Morgan fingerprint density at radius 3 is 2.61 bits per heavy atom. The van der Waals surface area contributed by atoms with Gasteiger partial charge in [-0.25, -0.2) is 15.1 Å². The van der Waals surface area contributed by atoms with Crippen LogP contribution in [0.25, 0.3) is 5.69 Å². The minimum Gasteiger partial charge on any atom is -0.388 e. The molecule has 0 radical (unpaired) electrons. The van der Waals surface area contributed by atoms with Crippen molar-refractivity contribution in [1.29, 1.82) is 0 Å². The van der Waals surface area contributed by atoms with Gasteiger partial charge in [-0.3, -0.25) is 19.2 Å². The molecule has 13 heteroatoms. The lowest BCUT2D eigenvalue weighted by Crippen LogP contribution is -2.50. The number of anilines is 2. The number of aromatic nitrogens is 4. The Kier molecular flexibility index (Phi) is 5.80. The monoisotopic (exact) mass is 529 g/mol. The number of hydrogen-bond donors (Lipinski definition) is 2. The number of nitrogens with one attached hydrogen (secondary N) is 1. The van der Waals surface area contributed by atoms with E-state index < -0.39 is 17.3 Å². The van der Waals surface area contributed by atoms with E-state index in [2.05, 4.69) is 15.5 Å². The van der Waals surface area contributed by atoms with Crippen molar-refractivity contribution in [2.75, 3.05) is 18.1 Å². The average Bonchev–Trinajstić information content (AvgIpc) is 3.43. The molecular weight excluding hydrogens is 503 g/mol. The van der Waals surface area contributed by atoms with Gasteiger partial charge in [0.05, 0.1) is 40.8 Å². The first-order valence-corrected chi connectivity index (χ1v) is 12.5. The number of likely N-dealkylation sites (tertiary alicyclic amines) is 1. The Hall–Kier alpha value is -3.71. The second-order valence-corrected chi connectivity index (χ2v) is 10.2. The molecule has 38 heavy (non-hydrogen) atoms. The normalized spacial score (nSPS) is 19.1. The van der Waals surface area contributed by atoms with Crippen molar-refractivity contribution in [3.05, 3.63) is 64.5 Å². The van der Waals surface area contributed by atoms with Crippen LogP contribution in [0.4, 0.5) is 24.7 Å². The van der Waals surface area contributed by atoms with E-state index in [-0.39, 0.29) is 30.5 Å². The quantitative estimate of drug-likeness (QED) is 0.523. The maximum absolute atomic E-state index is 13.3. The van der Waals surface area contributed by atoms with E-state index in [4.69, 9.17) is 0 Å². The summed E-state index contributed by atoms with van der Waals surface area (Å²) in [6, 6.07) is 6.69. The maximum Gasteiger partial charge on any atom is 0.419 e. The molecule has 3 aromatic rings. The molecule has 10 nitrogen and oxygen atoms in total. The summed E-state index contributed by atoms with van der Waals surface area (Å²) in [4.78, 5) is 31.9. The smallest absolute Gasteiger partial charge is 0.388 e. The second kappa shape index (κ2) is 8.95. The van der Waals surface area contributed by atoms with Crippen LogP contribution in [-0.2, 0) is 24.1 Å². The first kappa shape index (κ1) is 24.6. The molecule has 2 fully saturated rings. The van der Waals surface area contributed by atoms with E-state index in [9.17, 15) is 27.9 Å². The van der Waals surface area contributed by atoms with Crippen molar-refractivity contribution in [3.63, 3.8) is 0 Å². The minimum atomic E-state index is -4.49. The number of fused-ring (bicyclic) bond motifs is 1. The maximum atomic E-state index is 13.3. The van der Waals surface area contributed by atoms with E-state index in [1.807, 2.05) is 0 Å². The predicted octanol–water partition coefficient (Wildman–Crippen LogP) is 2.37. The molecule has 0 spiro atoms. The number of amides is 1. The molecule has 3 aliphatic rings. The molecule has 1 amide bonds. The fourth-order valence-electron chi connectivity index (χ4n) is 5.02. The van der Waals surface area contributed by atoms with E-state index in [0.29, 0.717) is 48.7 Å². The Morgan fingerprint density at radius 1 is 1.18 bits per heavy atom. The number of alkyl halides is 3. The third kappa shape index (κ3) is 4.56. The molecular formula is C25H26F3N7O3. The number of hydrazine groups is 1. The minimum absolute atomic E-state index is 0.0773. The number of rotatable bonds is 5. The molecule has 0 bridgehead atoms. The molecule has 0 atom stereocenters. The van der Waals surface area contributed by atoms with Crippen molar-refractivity contribution in [3.8, 4) is 5.69 Å². The SMILES string of the molecule is O=C(C1CC1)N1CCC(O)(Cn2cnc3c(c2=O)CNN3c2cccc(-n3cc(C(F)(F)F)cn3)c2)CC1. The zero-order valence-corrected chi connectivity index (χ0v) is 20.4. The van der Waals surface area contributed by atoms with Crippen LogP contribution >= 0.6 is 0 Å². The summed E-state index contributed by atoms with van der Waals surface area (Å²) in [5, 5.41) is 16.6. The third-order valence-corrected chi connectivity index (χ3v) is 7.39. The van der Waals surface area contributed by atoms with E-state index in [1.54, 1.807) is 34.2 Å². The molecule has 1 aliphatic carbocycles. The summed E-state index contributed by atoms with van der Waals surface area (Å²) in [7, 11) is 0. The van der Waals surface area contributed by atoms with Crippen LogP contribution in [0.5, 0.6) is 0 Å². The molecule has 1 saturated carbocycles. The van der Waals surface area contributed by atoms with Crippen LogP contribution in [0.3, 0.4) is 0 Å². The van der Waals surface area contributed by atoms with Gasteiger partial charge < -0.3 is 10.0 Å². The molecule has 2 aliphatic heterocycles. The molecule has 6 rings (SSSR count). The predicted molar refractivity (Wildman–Crippen MR) is 130 cm³/mol. The standard InChI is InChI=1S/C25H26F3N7O3/c26-25(27,28)17-11-30-34(13-17)18-2-1-3-19(10-18)35-21-20(12-31-35)23(37)33(15-29-21)14-24(38)6-8-32(9-7-24)22(36)16-4-5-16/h1-3,10-11,13,15-16,31,38H,4-9,12,14H2. The van der Waals surface area contributed by atoms with Gasteiger partial charge in [0.2, 0.25) is 5.91 Å². The molecule has 0 unspecified atom stereocenters. The number of benzene rings is 1. The molecule has 1 saturated heterocycles. The second-order valence-electron chi connectivity index (χ2n) is 10.2. The van der Waals surface area contributed by atoms with E-state index in [0.717, 1.165) is 29.9 Å². The van der Waals surface area contributed by atoms with Crippen molar-refractivity contribution in [1.82, 2.24) is 29.7 Å². The van der Waals surface area contributed by atoms with Crippen molar-refractivity contribution < 1.29 is 23.1 Å². The Bertz CT molecular complexity index is 1440. The molecule has 200 valence electrons. The van der Waals surface area contributed by atoms with Gasteiger partial charge in [0, 0.05) is 31.7 Å². The van der Waals surface area contributed by atoms with Crippen molar-refractivity contribution in [2.45, 2.75) is 50.6 Å². The van der Waals surface area contributed by atoms with Crippen molar-refractivity contribution in [2.24, 2.45) is 5.92 Å². The van der Waals surface area contributed by atoms with Gasteiger partial charge in [0.25, 0.3) is 5.56 Å². The van der Waals surface area contributed by atoms with Gasteiger partial charge in [-0.2, -0.15) is 18.3 Å². The number of piperidine rings is 1. The van der Waals surface area contributed by atoms with Gasteiger partial charge in [0.1, 0.15) is 6.33 Å². The van der Waals surface area contributed by atoms with Crippen LogP contribution in [0.2, 0.25) is 0 Å². The number of nitrogens with zero attached hydrogens (tertiary/aromatic N) is 6. The highest BCUT2D eigenvalue weighted by Gasteiger charge is 2.39. The Labute approximate surface area is 215 Å². The summed E-state index contributed by atoms with van der Waals surface area (Å²) in [6.07, 6.45) is 1.23. The lowest BCUT2D eigenvalue weighted by atomic mass is 9.91. The van der Waals surface area contributed by atoms with Gasteiger partial charge in [0.15, 0.2) is 5.82 Å². The summed E-state index contributed by atoms with van der Waals surface area (Å²) < 4.78 is 41.5. The highest BCUT2D eigenvalue weighted by atomic mass is 19.4. The van der Waals surface area contributed by atoms with Gasteiger partial charge >= 0.3 is 6.18 Å². The summed E-state index contributed by atoms with van der Waals surface area (Å²) in [6.45, 7) is 1.21. The Morgan fingerprint density at radius 2 is 1.92 bits per heavy atom. The number of hydrogen-bond acceptors (Lipinski definition) is 7. The number of halogens is 3. The molecule has 1 aromatic carbocycles. The number of aliphatic hydroxyl groups is 1. The lowest BCUT2D eigenvalue weighted by Gasteiger charge is -2.38. The van der Waals surface area contributed by atoms with Gasteiger partial charge in [-0.05, 0) is 43.9 Å². The number of carbonyl (C=O) groups is 1. The van der Waals surface area contributed by atoms with Crippen LogP contribution in [-0.4, -0.2) is 53.9 Å². The summed E-state index contributed by atoms with van der Waals surface area (Å²) in [5.74, 6) is 0.682. The molecule has 2 aromatic heterocycles. The van der Waals surface area contributed by atoms with Gasteiger partial charge in [-0.1, -0.05) is 6.07 Å². The molecule has 2 N–H and O–H groups in total. The van der Waals surface area contributed by atoms with Crippen molar-refractivity contribution >= 4 is 17.4 Å². The zero-order valence-electron chi connectivity index (χ0n) is 20.4. The van der Waals surface area contributed by atoms with E-state index >= 15 is 0 Å². The first-order chi connectivity index (χ1) is 18.1. The van der Waals surface area contributed by atoms with Crippen LogP contribution in [0.15, 0.2) is 47.8 Å². The largest absolute Gasteiger partial charge is 0.419 e. The highest BCUT2D eigenvalue weighted by molar-refractivity contribution is 5.81. The highest BCUT2D eigenvalue weighted by Crippen LogP contribution is 2.34. The Balaban J connectivity index is 1.19. The summed E-state index contributed by atoms with van der Waals surface area (Å²) in [5.41, 5.74) is 2.26. The third-order valence-electron chi connectivity index (χ3n) is 7.39. The zero-order chi connectivity index (χ0) is 26.7. The van der Waals surface area contributed by atoms with Crippen LogP contribution in [0.1, 0.15) is 36.8 Å². The van der Waals surface area contributed by atoms with Crippen LogP contribution in [0, 0.1) is 5.92 Å². The summed E-state index contributed by atoms with van der Waals surface area (Å²) >= 11 is 0.